The number of hydrogen-bond acceptors (Lipinski definition) is 6. The normalized spacial score (nSPS) is 18.1. The lowest BCUT2D eigenvalue weighted by Gasteiger charge is -2.29. The summed E-state index contributed by atoms with van der Waals surface area (Å²) in [5, 5.41) is 12.2. The van der Waals surface area contributed by atoms with Gasteiger partial charge in [0.05, 0.1) is 0 Å². The molecular formula is C11H17N3O5S. The maximum atomic E-state index is 12.5. The number of carbonyl (C=O) groups excluding carboxylic acids is 1. The summed E-state index contributed by atoms with van der Waals surface area (Å²) in [7, 11) is -3.65. The fourth-order valence-electron chi connectivity index (χ4n) is 2.42. The van der Waals surface area contributed by atoms with Gasteiger partial charge < -0.3 is 4.52 Å². The summed E-state index contributed by atoms with van der Waals surface area (Å²) in [5.74, 6) is -0.576. The molecule has 2 heterocycles. The van der Waals surface area contributed by atoms with Crippen molar-refractivity contribution in [3.63, 3.8) is 0 Å². The summed E-state index contributed by atoms with van der Waals surface area (Å²) >= 11 is 0. The Hall–Kier alpha value is -1.45. The van der Waals surface area contributed by atoms with Crippen molar-refractivity contribution in [1.82, 2.24) is 14.9 Å². The molecule has 0 atom stereocenters. The molecule has 2 rings (SSSR count). The lowest BCUT2D eigenvalue weighted by atomic mass is 9.98. The molecule has 0 bridgehead atoms. The van der Waals surface area contributed by atoms with Gasteiger partial charge in [0.15, 0.2) is 5.76 Å². The molecule has 0 radical (unpaired) electrons. The minimum absolute atomic E-state index is 0.0996. The number of nitrogens with zero attached hydrogens (tertiary/aromatic N) is 2. The van der Waals surface area contributed by atoms with E-state index < -0.39 is 15.9 Å². The van der Waals surface area contributed by atoms with Crippen LogP contribution in [0.15, 0.2) is 9.42 Å². The zero-order valence-electron chi connectivity index (χ0n) is 11.3. The SMILES string of the molecule is Cc1noc(C)c1S(=O)(=O)N1CCC(C(=O)NO)CC1. The van der Waals surface area contributed by atoms with E-state index in [0.29, 0.717) is 18.5 Å². The van der Waals surface area contributed by atoms with Gasteiger partial charge in [0, 0.05) is 19.0 Å². The summed E-state index contributed by atoms with van der Waals surface area (Å²) in [6, 6.07) is 0. The van der Waals surface area contributed by atoms with Crippen molar-refractivity contribution in [1.29, 1.82) is 0 Å². The zero-order chi connectivity index (χ0) is 14.9. The average Bonchev–Trinajstić information content (AvgIpc) is 2.78. The average molecular weight is 303 g/mol. The van der Waals surface area contributed by atoms with Crippen molar-refractivity contribution in [3.05, 3.63) is 11.5 Å². The number of amides is 1. The summed E-state index contributed by atoms with van der Waals surface area (Å²) in [5.41, 5.74) is 1.93. The fourth-order valence-corrected chi connectivity index (χ4v) is 4.18. The van der Waals surface area contributed by atoms with Gasteiger partial charge >= 0.3 is 0 Å². The molecule has 1 aliphatic heterocycles. The van der Waals surface area contributed by atoms with Crippen LogP contribution in [0.1, 0.15) is 24.3 Å². The van der Waals surface area contributed by atoms with Crippen molar-refractivity contribution < 1.29 is 22.9 Å². The van der Waals surface area contributed by atoms with Crippen molar-refractivity contribution in [3.8, 4) is 0 Å². The molecule has 112 valence electrons. The van der Waals surface area contributed by atoms with Crippen LogP contribution in [0.5, 0.6) is 0 Å². The zero-order valence-corrected chi connectivity index (χ0v) is 12.1. The van der Waals surface area contributed by atoms with Gasteiger partial charge in [-0.25, -0.2) is 13.9 Å². The van der Waals surface area contributed by atoms with E-state index in [0.717, 1.165) is 0 Å². The molecule has 1 fully saturated rings. The molecule has 1 saturated heterocycles. The molecule has 20 heavy (non-hydrogen) atoms. The topological polar surface area (TPSA) is 113 Å². The second kappa shape index (κ2) is 5.51. The molecule has 1 aliphatic rings. The van der Waals surface area contributed by atoms with Gasteiger partial charge in [0.1, 0.15) is 10.6 Å². The van der Waals surface area contributed by atoms with Crippen molar-refractivity contribution in [2.24, 2.45) is 5.92 Å². The van der Waals surface area contributed by atoms with E-state index in [9.17, 15) is 13.2 Å². The number of piperidine rings is 1. The highest BCUT2D eigenvalue weighted by molar-refractivity contribution is 7.89. The Morgan fingerprint density at radius 2 is 2.00 bits per heavy atom. The van der Waals surface area contributed by atoms with E-state index in [1.54, 1.807) is 19.3 Å². The summed E-state index contributed by atoms with van der Waals surface area (Å²) in [6.45, 7) is 3.59. The predicted molar refractivity (Wildman–Crippen MR) is 67.4 cm³/mol. The number of hydrogen-bond donors (Lipinski definition) is 2. The largest absolute Gasteiger partial charge is 0.360 e. The number of rotatable bonds is 3. The first-order valence-electron chi connectivity index (χ1n) is 6.25. The van der Waals surface area contributed by atoms with Gasteiger partial charge in [-0.2, -0.15) is 4.31 Å². The van der Waals surface area contributed by atoms with Crippen LogP contribution in [0.3, 0.4) is 0 Å². The molecule has 1 aromatic rings. The Morgan fingerprint density at radius 3 is 2.45 bits per heavy atom. The van der Waals surface area contributed by atoms with Crippen LogP contribution in [0, 0.1) is 19.8 Å². The van der Waals surface area contributed by atoms with E-state index in [1.807, 2.05) is 0 Å². The Kier molecular flexibility index (Phi) is 4.11. The highest BCUT2D eigenvalue weighted by Gasteiger charge is 2.35. The predicted octanol–water partition coefficient (Wildman–Crippen LogP) is 0.198. The van der Waals surface area contributed by atoms with E-state index >= 15 is 0 Å². The summed E-state index contributed by atoms with van der Waals surface area (Å²) in [6.07, 6.45) is 0.740. The number of aromatic nitrogens is 1. The van der Waals surface area contributed by atoms with Crippen LogP contribution in [0.25, 0.3) is 0 Å². The number of aryl methyl sites for hydroxylation is 2. The van der Waals surface area contributed by atoms with Crippen LogP contribution in [-0.2, 0) is 14.8 Å². The Balaban J connectivity index is 2.16. The lowest BCUT2D eigenvalue weighted by Crippen LogP contribution is -2.42. The highest BCUT2D eigenvalue weighted by Crippen LogP contribution is 2.27. The number of nitrogens with one attached hydrogen (secondary N) is 1. The third kappa shape index (κ3) is 2.56. The van der Waals surface area contributed by atoms with Crippen LogP contribution >= 0.6 is 0 Å². The van der Waals surface area contributed by atoms with Crippen LogP contribution in [0.4, 0.5) is 0 Å². The molecule has 0 aliphatic carbocycles. The minimum atomic E-state index is -3.65. The van der Waals surface area contributed by atoms with Crippen LogP contribution in [0.2, 0.25) is 0 Å². The summed E-state index contributed by atoms with van der Waals surface area (Å²) < 4.78 is 31.2. The maximum Gasteiger partial charge on any atom is 0.248 e. The Morgan fingerprint density at radius 1 is 1.40 bits per heavy atom. The Bertz CT molecular complexity index is 582. The second-order valence-electron chi connectivity index (χ2n) is 4.81. The van der Waals surface area contributed by atoms with Gasteiger partial charge in [0.2, 0.25) is 15.9 Å². The van der Waals surface area contributed by atoms with Crippen LogP contribution < -0.4 is 5.48 Å². The number of hydroxylamine groups is 1. The molecular weight excluding hydrogens is 286 g/mol. The Labute approximate surface area is 116 Å². The van der Waals surface area contributed by atoms with Crippen molar-refractivity contribution in [2.75, 3.05) is 13.1 Å². The van der Waals surface area contributed by atoms with Gasteiger partial charge in [-0.1, -0.05) is 5.16 Å². The van der Waals surface area contributed by atoms with Gasteiger partial charge in [-0.15, -0.1) is 0 Å². The fraction of sp³-hybridized carbons (Fsp3) is 0.636. The highest BCUT2D eigenvalue weighted by atomic mass is 32.2. The minimum Gasteiger partial charge on any atom is -0.360 e. The standard InChI is InChI=1S/C11H17N3O5S/c1-7-10(8(2)19-13-7)20(17,18)14-5-3-9(4-6-14)11(15)12-16/h9,16H,3-6H2,1-2H3,(H,12,15). The molecule has 0 unspecified atom stereocenters. The lowest BCUT2D eigenvalue weighted by molar-refractivity contribution is -0.134. The molecule has 0 aromatic carbocycles. The molecule has 1 aromatic heterocycles. The first-order valence-corrected chi connectivity index (χ1v) is 7.69. The monoisotopic (exact) mass is 303 g/mol. The van der Waals surface area contributed by atoms with E-state index in [1.165, 1.54) is 4.31 Å². The third-order valence-electron chi connectivity index (χ3n) is 3.50. The first-order chi connectivity index (χ1) is 9.37. The van der Waals surface area contributed by atoms with Gasteiger partial charge in [-0.3, -0.25) is 10.0 Å². The smallest absolute Gasteiger partial charge is 0.248 e. The maximum absolute atomic E-state index is 12.5. The van der Waals surface area contributed by atoms with Gasteiger partial charge in [0.25, 0.3) is 0 Å². The van der Waals surface area contributed by atoms with Crippen LogP contribution in [-0.4, -0.2) is 42.1 Å². The molecule has 2 N–H and O–H groups in total. The second-order valence-corrected chi connectivity index (χ2v) is 6.68. The van der Waals surface area contributed by atoms with E-state index in [4.69, 9.17) is 9.73 Å². The molecule has 1 amide bonds. The van der Waals surface area contributed by atoms with Gasteiger partial charge in [-0.05, 0) is 26.7 Å². The number of sulfonamides is 1. The first kappa shape index (κ1) is 14.9. The van der Waals surface area contributed by atoms with Crippen molar-refractivity contribution in [2.45, 2.75) is 31.6 Å². The quantitative estimate of drug-likeness (QED) is 0.609. The molecule has 0 saturated carbocycles. The third-order valence-corrected chi connectivity index (χ3v) is 5.64. The number of carbonyl (C=O) groups is 1. The van der Waals surface area contributed by atoms with E-state index in [2.05, 4.69) is 5.16 Å². The molecule has 9 heteroatoms. The summed E-state index contributed by atoms with van der Waals surface area (Å²) in [4.78, 5) is 11.4. The van der Waals surface area contributed by atoms with E-state index in [-0.39, 0.29) is 29.7 Å². The molecule has 0 spiro atoms. The van der Waals surface area contributed by atoms with Crippen molar-refractivity contribution >= 4 is 15.9 Å². The molecule has 8 nitrogen and oxygen atoms in total.